The molecule has 0 bridgehead atoms. The van der Waals surface area contributed by atoms with Crippen molar-refractivity contribution >= 4 is 47.1 Å². The number of carboxylic acid groups (broad SMARTS) is 1. The Morgan fingerprint density at radius 2 is 1.83 bits per heavy atom. The highest BCUT2D eigenvalue weighted by Gasteiger charge is 2.43. The first kappa shape index (κ1) is 31.9. The third-order valence-corrected chi connectivity index (χ3v) is 7.05. The summed E-state index contributed by atoms with van der Waals surface area (Å²) in [6.45, 7) is 8.18. The second-order valence-electron chi connectivity index (χ2n) is 9.48. The number of hydrogen-bond acceptors (Lipinski definition) is 8. The van der Waals surface area contributed by atoms with Gasteiger partial charge in [0.1, 0.15) is 11.1 Å². The Morgan fingerprint density at radius 1 is 1.17 bits per heavy atom. The number of aliphatic carboxylic acids is 1. The molecule has 0 aromatic heterocycles. The Balaban J connectivity index is 0.00000648. The molecular weight excluding hydrogens is 504 g/mol. The molecular formula is C25H39ClN4O5S. The third-order valence-electron chi connectivity index (χ3n) is 5.51. The molecule has 202 valence electrons. The lowest BCUT2D eigenvalue weighted by atomic mass is 9.99. The van der Waals surface area contributed by atoms with Crippen LogP contribution in [0.4, 0.5) is 0 Å². The molecule has 0 radical (unpaired) electrons. The number of hydrogen-bond donors (Lipinski definition) is 3. The lowest BCUT2D eigenvalue weighted by Gasteiger charge is -2.27. The van der Waals surface area contributed by atoms with Crippen LogP contribution in [-0.2, 0) is 25.5 Å². The topological polar surface area (TPSA) is 134 Å². The van der Waals surface area contributed by atoms with E-state index in [1.807, 2.05) is 51.1 Å². The minimum Gasteiger partial charge on any atom is -0.479 e. The Bertz CT molecular complexity index is 894. The first-order valence-electron chi connectivity index (χ1n) is 12.1. The summed E-state index contributed by atoms with van der Waals surface area (Å²) in [6, 6.07) is 8.22. The molecule has 0 spiro atoms. The van der Waals surface area contributed by atoms with Crippen LogP contribution in [0.15, 0.2) is 35.4 Å². The lowest BCUT2D eigenvalue weighted by Crippen LogP contribution is -2.53. The molecule has 0 aliphatic carbocycles. The molecule has 2 rings (SSSR count). The summed E-state index contributed by atoms with van der Waals surface area (Å²) in [6.07, 6.45) is 2.78. The number of nitrogens with zero attached hydrogens (tertiary/aromatic N) is 2. The molecule has 1 aliphatic rings. The highest BCUT2D eigenvalue weighted by molar-refractivity contribution is 8.15. The van der Waals surface area contributed by atoms with Gasteiger partial charge in [0.2, 0.25) is 5.37 Å². The number of carboxylic acids is 1. The van der Waals surface area contributed by atoms with Gasteiger partial charge >= 0.3 is 11.9 Å². The molecule has 1 aliphatic heterocycles. The molecule has 1 heterocycles. The Kier molecular flexibility index (Phi) is 13.5. The van der Waals surface area contributed by atoms with E-state index in [9.17, 15) is 19.5 Å². The number of thioether (sulfide) groups is 1. The fraction of sp³-hybridized carbons (Fsp3) is 0.600. The molecule has 0 saturated carbocycles. The number of carbonyl (C=O) groups is 3. The SMILES string of the molecule is CCOC(=O)[C@H](CCc1ccccc1)N[C@@H](CCCCN)C(=O)N1N=C(C(C)(C)C)S[C@H]1C(=O)O.Cl. The summed E-state index contributed by atoms with van der Waals surface area (Å²) in [5.74, 6) is -2.06. The van der Waals surface area contributed by atoms with Crippen molar-refractivity contribution in [2.24, 2.45) is 16.3 Å². The van der Waals surface area contributed by atoms with Gasteiger partial charge in [0, 0.05) is 5.41 Å². The van der Waals surface area contributed by atoms with E-state index in [1.165, 1.54) is 0 Å². The molecule has 0 fully saturated rings. The predicted octanol–water partition coefficient (Wildman–Crippen LogP) is 3.41. The molecule has 4 N–H and O–H groups in total. The average Bonchev–Trinajstić information content (AvgIpc) is 3.28. The number of aryl methyl sites for hydroxylation is 1. The highest BCUT2D eigenvalue weighted by Crippen LogP contribution is 2.36. The monoisotopic (exact) mass is 542 g/mol. The molecule has 0 saturated heterocycles. The molecule has 1 aromatic carbocycles. The number of carbonyl (C=O) groups excluding carboxylic acids is 2. The van der Waals surface area contributed by atoms with Crippen molar-refractivity contribution < 1.29 is 24.2 Å². The molecule has 36 heavy (non-hydrogen) atoms. The molecule has 1 amide bonds. The fourth-order valence-electron chi connectivity index (χ4n) is 3.62. The van der Waals surface area contributed by atoms with Crippen molar-refractivity contribution in [1.82, 2.24) is 10.3 Å². The summed E-state index contributed by atoms with van der Waals surface area (Å²) in [5.41, 5.74) is 6.31. The summed E-state index contributed by atoms with van der Waals surface area (Å²) < 4.78 is 5.27. The molecule has 9 nitrogen and oxygen atoms in total. The van der Waals surface area contributed by atoms with Gasteiger partial charge in [-0.3, -0.25) is 14.9 Å². The fourth-order valence-corrected chi connectivity index (χ4v) is 4.67. The zero-order valence-electron chi connectivity index (χ0n) is 21.4. The zero-order valence-corrected chi connectivity index (χ0v) is 23.1. The number of unbranched alkanes of at least 4 members (excludes halogenated alkanes) is 1. The smallest absolute Gasteiger partial charge is 0.339 e. The van der Waals surface area contributed by atoms with E-state index in [0.29, 0.717) is 43.7 Å². The van der Waals surface area contributed by atoms with Crippen molar-refractivity contribution in [3.8, 4) is 0 Å². The van der Waals surface area contributed by atoms with Crippen molar-refractivity contribution in [3.63, 3.8) is 0 Å². The predicted molar refractivity (Wildman–Crippen MR) is 145 cm³/mol. The largest absolute Gasteiger partial charge is 0.479 e. The summed E-state index contributed by atoms with van der Waals surface area (Å²) >= 11 is 1.06. The normalized spacial score (nSPS) is 17.1. The number of halogens is 1. The lowest BCUT2D eigenvalue weighted by molar-refractivity contribution is -0.149. The number of ether oxygens (including phenoxy) is 1. The number of esters is 1. The van der Waals surface area contributed by atoms with Crippen molar-refractivity contribution in [2.45, 2.75) is 77.3 Å². The Morgan fingerprint density at radius 3 is 2.39 bits per heavy atom. The minimum absolute atomic E-state index is 0. The van der Waals surface area contributed by atoms with E-state index < -0.39 is 40.7 Å². The molecule has 11 heteroatoms. The van der Waals surface area contributed by atoms with Gasteiger partial charge in [0.05, 0.1) is 12.6 Å². The summed E-state index contributed by atoms with van der Waals surface area (Å²) in [7, 11) is 0. The molecule has 1 aromatic rings. The van der Waals surface area contributed by atoms with Crippen LogP contribution in [0, 0.1) is 5.41 Å². The van der Waals surface area contributed by atoms with Gasteiger partial charge in [-0.15, -0.1) is 12.4 Å². The van der Waals surface area contributed by atoms with Crippen LogP contribution in [-0.4, -0.2) is 63.6 Å². The van der Waals surface area contributed by atoms with Crippen LogP contribution in [0.3, 0.4) is 0 Å². The number of hydrazone groups is 1. The van der Waals surface area contributed by atoms with Crippen LogP contribution in [0.1, 0.15) is 58.9 Å². The second-order valence-corrected chi connectivity index (χ2v) is 10.5. The Hall–Kier alpha value is -2.14. The third kappa shape index (κ3) is 9.38. The standard InChI is InChI=1S/C25H38N4O5S.ClH/c1-5-34-23(33)19(15-14-17-11-7-6-8-12-17)27-18(13-9-10-16-26)20(30)29-21(22(31)32)35-24(28-29)25(2,3)4;/h6-8,11-12,18-19,21,27H,5,9-10,13-16,26H2,1-4H3,(H,31,32);1H/t18-,19-,21-;/m0./s1. The number of amides is 1. The molecule has 3 atom stereocenters. The van der Waals surface area contributed by atoms with Gasteiger partial charge in [-0.25, -0.2) is 9.80 Å². The van der Waals surface area contributed by atoms with E-state index in [1.54, 1.807) is 6.92 Å². The zero-order chi connectivity index (χ0) is 26.0. The average molecular weight is 543 g/mol. The van der Waals surface area contributed by atoms with Gasteiger partial charge < -0.3 is 15.6 Å². The highest BCUT2D eigenvalue weighted by atomic mass is 35.5. The van der Waals surface area contributed by atoms with Crippen molar-refractivity contribution in [3.05, 3.63) is 35.9 Å². The van der Waals surface area contributed by atoms with Gasteiger partial charge in [-0.05, 0) is 44.7 Å². The minimum atomic E-state index is -1.15. The van der Waals surface area contributed by atoms with Crippen LogP contribution in [0.2, 0.25) is 0 Å². The number of benzene rings is 1. The Labute approximate surface area is 224 Å². The maximum Gasteiger partial charge on any atom is 0.339 e. The van der Waals surface area contributed by atoms with Gasteiger partial charge in [0.25, 0.3) is 5.91 Å². The van der Waals surface area contributed by atoms with Gasteiger partial charge in [-0.1, -0.05) is 69.3 Å². The summed E-state index contributed by atoms with van der Waals surface area (Å²) in [5, 5.41) is 17.8. The maximum atomic E-state index is 13.6. The first-order chi connectivity index (χ1) is 16.6. The van der Waals surface area contributed by atoms with Gasteiger partial charge in [0.15, 0.2) is 0 Å². The van der Waals surface area contributed by atoms with E-state index in [0.717, 1.165) is 22.3 Å². The van der Waals surface area contributed by atoms with Crippen LogP contribution in [0.25, 0.3) is 0 Å². The number of rotatable bonds is 13. The van der Waals surface area contributed by atoms with E-state index in [4.69, 9.17) is 10.5 Å². The van der Waals surface area contributed by atoms with Crippen molar-refractivity contribution in [2.75, 3.05) is 13.2 Å². The van der Waals surface area contributed by atoms with Crippen LogP contribution < -0.4 is 11.1 Å². The summed E-state index contributed by atoms with van der Waals surface area (Å²) in [4.78, 5) is 38.3. The maximum absolute atomic E-state index is 13.6. The van der Waals surface area contributed by atoms with Gasteiger partial charge in [-0.2, -0.15) is 5.10 Å². The van der Waals surface area contributed by atoms with E-state index >= 15 is 0 Å². The van der Waals surface area contributed by atoms with E-state index in [2.05, 4.69) is 10.4 Å². The quantitative estimate of drug-likeness (QED) is 0.255. The van der Waals surface area contributed by atoms with E-state index in [-0.39, 0.29) is 19.0 Å². The first-order valence-corrected chi connectivity index (χ1v) is 12.9. The van der Waals surface area contributed by atoms with Crippen LogP contribution in [0.5, 0.6) is 0 Å². The number of nitrogens with one attached hydrogen (secondary N) is 1. The van der Waals surface area contributed by atoms with Crippen LogP contribution >= 0.6 is 24.2 Å². The van der Waals surface area contributed by atoms with Crippen molar-refractivity contribution in [1.29, 1.82) is 0 Å². The second kappa shape index (κ2) is 15.2. The number of nitrogens with two attached hydrogens (primary N) is 1. The molecule has 0 unspecified atom stereocenters.